The first-order valence-corrected chi connectivity index (χ1v) is 9.67. The number of fused-ring (bicyclic) bond motifs is 1. The van der Waals surface area contributed by atoms with E-state index in [1.807, 2.05) is 11.6 Å². The summed E-state index contributed by atoms with van der Waals surface area (Å²) in [6.07, 6.45) is 3.26. The molecule has 1 aromatic heterocycles. The van der Waals surface area contributed by atoms with Gasteiger partial charge in [-0.15, -0.1) is 23.2 Å². The van der Waals surface area contributed by atoms with E-state index < -0.39 is 5.97 Å². The van der Waals surface area contributed by atoms with Gasteiger partial charge in [0.25, 0.3) is 0 Å². The van der Waals surface area contributed by atoms with E-state index >= 15 is 0 Å². The van der Waals surface area contributed by atoms with E-state index in [-0.39, 0.29) is 6.42 Å². The summed E-state index contributed by atoms with van der Waals surface area (Å²) in [6.45, 7) is 1.79. The Kier molecular flexibility index (Phi) is 7.85. The molecule has 0 radical (unpaired) electrons. The number of carboxylic acids is 1. The molecule has 1 heterocycles. The van der Waals surface area contributed by atoms with Gasteiger partial charge < -0.3 is 14.6 Å². The topological polar surface area (TPSA) is 58.4 Å². The molecule has 7 heteroatoms. The van der Waals surface area contributed by atoms with Gasteiger partial charge in [0.2, 0.25) is 0 Å². The molecule has 0 aliphatic heterocycles. The zero-order chi connectivity index (χ0) is 18.2. The van der Waals surface area contributed by atoms with Crippen LogP contribution in [0.2, 0.25) is 0 Å². The normalized spacial score (nSPS) is 11.2. The lowest BCUT2D eigenvalue weighted by Crippen LogP contribution is -2.26. The van der Waals surface area contributed by atoms with Crippen LogP contribution in [0.15, 0.2) is 18.2 Å². The number of aliphatic carboxylic acids is 1. The molecule has 2 rings (SSSR count). The van der Waals surface area contributed by atoms with Crippen LogP contribution in [0.3, 0.4) is 0 Å². The van der Waals surface area contributed by atoms with Crippen LogP contribution < -0.4 is 4.90 Å². The number of carboxylic acid groups (broad SMARTS) is 1. The third-order valence-corrected chi connectivity index (χ3v) is 4.77. The zero-order valence-corrected chi connectivity index (χ0v) is 16.1. The Labute approximate surface area is 158 Å². The van der Waals surface area contributed by atoms with Gasteiger partial charge in [-0.1, -0.05) is 0 Å². The highest BCUT2D eigenvalue weighted by Crippen LogP contribution is 2.24. The van der Waals surface area contributed by atoms with E-state index in [9.17, 15) is 4.79 Å². The Hall–Kier alpha value is -1.46. The van der Waals surface area contributed by atoms with Gasteiger partial charge in [0.1, 0.15) is 5.82 Å². The highest BCUT2D eigenvalue weighted by Gasteiger charge is 2.12. The van der Waals surface area contributed by atoms with Crippen molar-refractivity contribution in [3.8, 4) is 0 Å². The molecule has 0 amide bonds. The summed E-state index contributed by atoms with van der Waals surface area (Å²) in [6, 6.07) is 6.28. The Morgan fingerprint density at radius 3 is 2.48 bits per heavy atom. The molecule has 138 valence electrons. The molecule has 0 unspecified atom stereocenters. The van der Waals surface area contributed by atoms with Crippen molar-refractivity contribution < 1.29 is 9.90 Å². The third kappa shape index (κ3) is 5.51. The fraction of sp³-hybridized carbons (Fsp3) is 0.556. The van der Waals surface area contributed by atoms with Gasteiger partial charge in [-0.25, -0.2) is 4.98 Å². The number of aryl methyl sites for hydroxylation is 2. The molecular formula is C18H25Cl2N3O2. The average molecular weight is 386 g/mol. The lowest BCUT2D eigenvalue weighted by molar-refractivity contribution is -0.137. The van der Waals surface area contributed by atoms with Crippen LogP contribution in [0.25, 0.3) is 11.0 Å². The minimum atomic E-state index is -0.768. The molecule has 0 fully saturated rings. The number of carbonyl (C=O) groups is 1. The molecule has 1 N–H and O–H groups in total. The van der Waals surface area contributed by atoms with Crippen LogP contribution in [0, 0.1) is 0 Å². The number of nitrogens with zero attached hydrogens (tertiary/aromatic N) is 3. The van der Waals surface area contributed by atoms with Gasteiger partial charge in [-0.05, 0) is 37.5 Å². The number of rotatable bonds is 11. The van der Waals surface area contributed by atoms with Crippen molar-refractivity contribution in [2.45, 2.75) is 32.1 Å². The van der Waals surface area contributed by atoms with Crippen molar-refractivity contribution in [3.63, 3.8) is 0 Å². The summed E-state index contributed by atoms with van der Waals surface area (Å²) in [4.78, 5) is 17.7. The fourth-order valence-corrected chi connectivity index (χ4v) is 3.17. The maximum absolute atomic E-state index is 10.7. The van der Waals surface area contributed by atoms with Crippen LogP contribution in [-0.2, 0) is 18.3 Å². The highest BCUT2D eigenvalue weighted by atomic mass is 35.5. The highest BCUT2D eigenvalue weighted by molar-refractivity contribution is 6.18. The van der Waals surface area contributed by atoms with Crippen LogP contribution in [-0.4, -0.2) is 45.5 Å². The number of hydrogen-bond acceptors (Lipinski definition) is 3. The van der Waals surface area contributed by atoms with Crippen molar-refractivity contribution >= 4 is 45.9 Å². The van der Waals surface area contributed by atoms with Gasteiger partial charge >= 0.3 is 5.97 Å². The summed E-state index contributed by atoms with van der Waals surface area (Å²) in [5.41, 5.74) is 3.12. The van der Waals surface area contributed by atoms with Crippen molar-refractivity contribution in [2.75, 3.05) is 29.7 Å². The lowest BCUT2D eigenvalue weighted by Gasteiger charge is -2.24. The Balaban J connectivity index is 2.20. The van der Waals surface area contributed by atoms with Gasteiger partial charge in [0, 0.05) is 50.4 Å². The van der Waals surface area contributed by atoms with Gasteiger partial charge in [0.15, 0.2) is 0 Å². The van der Waals surface area contributed by atoms with E-state index in [1.165, 1.54) is 0 Å². The summed E-state index contributed by atoms with van der Waals surface area (Å²) in [5.74, 6) is 1.42. The first-order chi connectivity index (χ1) is 12.1. The van der Waals surface area contributed by atoms with Crippen LogP contribution in [0.1, 0.15) is 31.5 Å². The molecule has 2 aromatic rings. The predicted molar refractivity (Wildman–Crippen MR) is 104 cm³/mol. The Morgan fingerprint density at radius 2 is 1.88 bits per heavy atom. The van der Waals surface area contributed by atoms with Gasteiger partial charge in [-0.2, -0.15) is 0 Å². The molecule has 5 nitrogen and oxygen atoms in total. The summed E-state index contributed by atoms with van der Waals surface area (Å²) in [7, 11) is 1.98. The Bertz CT molecular complexity index is 695. The second-order valence-electron chi connectivity index (χ2n) is 6.08. The second kappa shape index (κ2) is 9.88. The monoisotopic (exact) mass is 385 g/mol. The minimum absolute atomic E-state index is 0.166. The van der Waals surface area contributed by atoms with Crippen LogP contribution in [0.5, 0.6) is 0 Å². The van der Waals surface area contributed by atoms with E-state index in [2.05, 4.69) is 23.1 Å². The molecule has 0 bridgehead atoms. The molecule has 0 spiro atoms. The summed E-state index contributed by atoms with van der Waals surface area (Å²) in [5, 5.41) is 8.79. The summed E-state index contributed by atoms with van der Waals surface area (Å²) >= 11 is 11.7. The molecule has 0 saturated heterocycles. The number of halogens is 2. The molecule has 0 aliphatic carbocycles. The standard InChI is InChI=1S/C18H25Cl2N3O2/c1-22-16-8-7-14(23(11-3-9-19)12-4-10-20)13-15(16)21-17(22)5-2-6-18(24)25/h7-8,13H,2-6,9-12H2,1H3,(H,24,25). The lowest BCUT2D eigenvalue weighted by atomic mass is 10.2. The molecule has 0 saturated carbocycles. The van der Waals surface area contributed by atoms with Crippen molar-refractivity contribution in [3.05, 3.63) is 24.0 Å². The van der Waals surface area contributed by atoms with E-state index in [1.54, 1.807) is 0 Å². The number of benzene rings is 1. The maximum atomic E-state index is 10.7. The minimum Gasteiger partial charge on any atom is -0.481 e. The molecule has 0 atom stereocenters. The van der Waals surface area contributed by atoms with Gasteiger partial charge in [-0.3, -0.25) is 4.79 Å². The number of aromatic nitrogens is 2. The maximum Gasteiger partial charge on any atom is 0.303 e. The first kappa shape index (κ1) is 19.9. The third-order valence-electron chi connectivity index (χ3n) is 4.24. The largest absolute Gasteiger partial charge is 0.481 e. The smallest absolute Gasteiger partial charge is 0.303 e. The molecular weight excluding hydrogens is 361 g/mol. The van der Waals surface area contributed by atoms with Crippen LogP contribution >= 0.6 is 23.2 Å². The average Bonchev–Trinajstić information content (AvgIpc) is 2.90. The van der Waals surface area contributed by atoms with Crippen molar-refractivity contribution in [1.82, 2.24) is 9.55 Å². The number of anilines is 1. The van der Waals surface area contributed by atoms with Crippen LogP contribution in [0.4, 0.5) is 5.69 Å². The molecule has 25 heavy (non-hydrogen) atoms. The van der Waals surface area contributed by atoms with E-state index in [4.69, 9.17) is 33.3 Å². The SMILES string of the molecule is Cn1c(CCCC(=O)O)nc2cc(N(CCCCl)CCCCl)ccc21. The molecule has 1 aromatic carbocycles. The van der Waals surface area contributed by atoms with E-state index in [0.29, 0.717) is 24.6 Å². The zero-order valence-electron chi connectivity index (χ0n) is 14.5. The quantitative estimate of drug-likeness (QED) is 0.592. The summed E-state index contributed by atoms with van der Waals surface area (Å²) < 4.78 is 2.04. The first-order valence-electron chi connectivity index (χ1n) is 8.61. The fourth-order valence-electron chi connectivity index (χ4n) is 2.93. The number of hydrogen-bond donors (Lipinski definition) is 1. The van der Waals surface area contributed by atoms with Crippen molar-refractivity contribution in [2.24, 2.45) is 7.05 Å². The van der Waals surface area contributed by atoms with E-state index in [0.717, 1.165) is 48.5 Å². The second-order valence-corrected chi connectivity index (χ2v) is 6.84. The number of imidazole rings is 1. The number of alkyl halides is 2. The van der Waals surface area contributed by atoms with Crippen molar-refractivity contribution in [1.29, 1.82) is 0 Å². The van der Waals surface area contributed by atoms with Gasteiger partial charge in [0.05, 0.1) is 11.0 Å². The molecule has 0 aliphatic rings. The predicted octanol–water partition coefficient (Wildman–Crippen LogP) is 4.04. The Morgan fingerprint density at radius 1 is 1.20 bits per heavy atom.